The second-order valence-electron chi connectivity index (χ2n) is 6.00. The fraction of sp³-hybridized carbons (Fsp3) is 0.421. The van der Waals surface area contributed by atoms with E-state index in [1.165, 1.54) is 5.56 Å². The van der Waals surface area contributed by atoms with Crippen molar-refractivity contribution in [2.75, 3.05) is 11.1 Å². The van der Waals surface area contributed by atoms with Crippen molar-refractivity contribution < 1.29 is 4.79 Å². The average molecular weight is 359 g/mol. The monoisotopic (exact) mass is 359 g/mol. The Morgan fingerprint density at radius 3 is 2.64 bits per heavy atom. The summed E-state index contributed by atoms with van der Waals surface area (Å²) in [5.41, 5.74) is 2.81. The number of hydrogen-bond acceptors (Lipinski definition) is 4. The van der Waals surface area contributed by atoms with Crippen LogP contribution in [0.25, 0.3) is 0 Å². The van der Waals surface area contributed by atoms with Crippen molar-refractivity contribution in [2.45, 2.75) is 44.7 Å². The molecular weight excluding hydrogens is 334 g/mol. The van der Waals surface area contributed by atoms with E-state index in [-0.39, 0.29) is 11.5 Å². The van der Waals surface area contributed by atoms with Crippen LogP contribution in [0.1, 0.15) is 37.4 Å². The van der Waals surface area contributed by atoms with Crippen molar-refractivity contribution in [1.82, 2.24) is 9.55 Å². The Labute approximate surface area is 152 Å². The molecule has 25 heavy (non-hydrogen) atoms. The first-order valence-electron chi connectivity index (χ1n) is 8.56. The van der Waals surface area contributed by atoms with E-state index >= 15 is 0 Å². The van der Waals surface area contributed by atoms with Crippen molar-refractivity contribution >= 4 is 23.4 Å². The number of rotatable bonds is 8. The Morgan fingerprint density at radius 1 is 1.24 bits per heavy atom. The van der Waals surface area contributed by atoms with Gasteiger partial charge in [0.15, 0.2) is 5.16 Å². The number of carbonyl (C=O) groups is 1. The van der Waals surface area contributed by atoms with Gasteiger partial charge in [0.1, 0.15) is 0 Å². The van der Waals surface area contributed by atoms with Crippen LogP contribution in [-0.4, -0.2) is 21.2 Å². The maximum atomic E-state index is 11.9. The number of unbranched alkanes of at least 4 members (excludes halogenated alkanes) is 1. The van der Waals surface area contributed by atoms with Gasteiger partial charge in [0.2, 0.25) is 5.91 Å². The summed E-state index contributed by atoms with van der Waals surface area (Å²) in [6.45, 7) is 4.01. The first-order chi connectivity index (χ1) is 12.0. The standard InChI is InChI=1S/C19H25N3O2S/c1-4-15-13-18(24)22(3)19(21-15)25-12-6-5-7-17(23)20-16-10-8-14(2)9-11-16/h8-11,13H,4-7,12H2,1-3H3,(H,20,23). The molecule has 0 saturated carbocycles. The number of amides is 1. The average Bonchev–Trinajstić information content (AvgIpc) is 2.60. The molecule has 0 aliphatic carbocycles. The number of anilines is 1. The van der Waals surface area contributed by atoms with Crippen molar-refractivity contribution in [3.05, 3.63) is 51.9 Å². The SMILES string of the molecule is CCc1cc(=O)n(C)c(SCCCCC(=O)Nc2ccc(C)cc2)n1. The van der Waals surface area contributed by atoms with Crippen LogP contribution in [0.3, 0.4) is 0 Å². The van der Waals surface area contributed by atoms with Crippen LogP contribution in [0.15, 0.2) is 40.3 Å². The lowest BCUT2D eigenvalue weighted by Crippen LogP contribution is -2.20. The lowest BCUT2D eigenvalue weighted by atomic mass is 10.2. The summed E-state index contributed by atoms with van der Waals surface area (Å²) < 4.78 is 1.58. The first kappa shape index (κ1) is 19.2. The summed E-state index contributed by atoms with van der Waals surface area (Å²) in [5, 5.41) is 3.65. The molecule has 0 aliphatic heterocycles. The minimum absolute atomic E-state index is 0.0215. The van der Waals surface area contributed by atoms with Crippen molar-refractivity contribution in [3.63, 3.8) is 0 Å². The molecule has 5 nitrogen and oxygen atoms in total. The van der Waals surface area contributed by atoms with Gasteiger partial charge in [-0.3, -0.25) is 14.2 Å². The molecule has 1 N–H and O–H groups in total. The topological polar surface area (TPSA) is 64.0 Å². The quantitative estimate of drug-likeness (QED) is 0.445. The second-order valence-corrected chi connectivity index (χ2v) is 7.06. The van der Waals surface area contributed by atoms with E-state index in [1.54, 1.807) is 29.4 Å². The summed E-state index contributed by atoms with van der Waals surface area (Å²) >= 11 is 1.57. The molecule has 1 aromatic carbocycles. The molecule has 6 heteroatoms. The molecule has 0 bridgehead atoms. The van der Waals surface area contributed by atoms with E-state index in [4.69, 9.17) is 0 Å². The largest absolute Gasteiger partial charge is 0.326 e. The number of nitrogens with zero attached hydrogens (tertiary/aromatic N) is 2. The lowest BCUT2D eigenvalue weighted by Gasteiger charge is -2.08. The highest BCUT2D eigenvalue weighted by molar-refractivity contribution is 7.99. The first-order valence-corrected chi connectivity index (χ1v) is 9.54. The van der Waals surface area contributed by atoms with Crippen LogP contribution in [0.2, 0.25) is 0 Å². The Kier molecular flexibility index (Phi) is 7.25. The third-order valence-corrected chi connectivity index (χ3v) is 4.99. The molecule has 1 aromatic heterocycles. The van der Waals surface area contributed by atoms with E-state index in [2.05, 4.69) is 10.3 Å². The molecule has 2 rings (SSSR count). The zero-order valence-corrected chi connectivity index (χ0v) is 15.9. The number of hydrogen-bond donors (Lipinski definition) is 1. The molecule has 134 valence electrons. The van der Waals surface area contributed by atoms with E-state index in [9.17, 15) is 9.59 Å². The summed E-state index contributed by atoms with van der Waals surface area (Å²) in [5.74, 6) is 0.873. The molecular formula is C19H25N3O2S. The molecule has 1 heterocycles. The Balaban J connectivity index is 1.73. The molecule has 1 amide bonds. The van der Waals surface area contributed by atoms with Crippen molar-refractivity contribution in [3.8, 4) is 0 Å². The number of aryl methyl sites for hydroxylation is 2. The van der Waals surface area contributed by atoms with Crippen LogP contribution in [-0.2, 0) is 18.3 Å². The van der Waals surface area contributed by atoms with Gasteiger partial charge in [0, 0.05) is 36.7 Å². The number of carbonyl (C=O) groups excluding carboxylic acids is 1. The molecule has 0 fully saturated rings. The fourth-order valence-electron chi connectivity index (χ4n) is 2.29. The summed E-state index contributed by atoms with van der Waals surface area (Å²) in [6, 6.07) is 9.37. The van der Waals surface area contributed by atoms with Crippen LogP contribution >= 0.6 is 11.8 Å². The van der Waals surface area contributed by atoms with Crippen LogP contribution < -0.4 is 10.9 Å². The van der Waals surface area contributed by atoms with Gasteiger partial charge in [-0.2, -0.15) is 0 Å². The third kappa shape index (κ3) is 6.05. The van der Waals surface area contributed by atoms with Crippen LogP contribution in [0, 0.1) is 6.92 Å². The van der Waals surface area contributed by atoms with Gasteiger partial charge in [0.25, 0.3) is 5.56 Å². The second kappa shape index (κ2) is 9.42. The number of thioether (sulfide) groups is 1. The molecule has 0 atom stereocenters. The predicted molar refractivity (Wildman–Crippen MR) is 103 cm³/mol. The highest BCUT2D eigenvalue weighted by atomic mass is 32.2. The third-order valence-electron chi connectivity index (χ3n) is 3.87. The Morgan fingerprint density at radius 2 is 1.96 bits per heavy atom. The predicted octanol–water partition coefficient (Wildman–Crippen LogP) is 3.55. The van der Waals surface area contributed by atoms with Crippen molar-refractivity contribution in [1.29, 1.82) is 0 Å². The summed E-state index contributed by atoms with van der Waals surface area (Å²) in [4.78, 5) is 28.3. The summed E-state index contributed by atoms with van der Waals surface area (Å²) in [6.07, 6.45) is 2.96. The summed E-state index contributed by atoms with van der Waals surface area (Å²) in [7, 11) is 1.74. The van der Waals surface area contributed by atoms with Gasteiger partial charge in [-0.15, -0.1) is 0 Å². The normalized spacial score (nSPS) is 10.7. The Hall–Kier alpha value is -2.08. The minimum Gasteiger partial charge on any atom is -0.326 e. The fourth-order valence-corrected chi connectivity index (χ4v) is 3.28. The van der Waals surface area contributed by atoms with Gasteiger partial charge < -0.3 is 5.32 Å². The number of benzene rings is 1. The number of aromatic nitrogens is 2. The van der Waals surface area contributed by atoms with Gasteiger partial charge in [0.05, 0.1) is 0 Å². The smallest absolute Gasteiger partial charge is 0.254 e. The molecule has 0 radical (unpaired) electrons. The Bertz CT molecular complexity index is 769. The van der Waals surface area contributed by atoms with E-state index in [0.717, 1.165) is 41.6 Å². The molecule has 2 aromatic rings. The number of nitrogens with one attached hydrogen (secondary N) is 1. The van der Waals surface area contributed by atoms with E-state index in [0.29, 0.717) is 6.42 Å². The van der Waals surface area contributed by atoms with Gasteiger partial charge in [-0.05, 0) is 38.3 Å². The molecule has 0 unspecified atom stereocenters. The van der Waals surface area contributed by atoms with Gasteiger partial charge >= 0.3 is 0 Å². The molecule has 0 saturated heterocycles. The molecule has 0 spiro atoms. The maximum Gasteiger partial charge on any atom is 0.254 e. The van der Waals surface area contributed by atoms with Gasteiger partial charge in [-0.1, -0.05) is 36.4 Å². The highest BCUT2D eigenvalue weighted by Gasteiger charge is 2.06. The maximum absolute atomic E-state index is 11.9. The zero-order chi connectivity index (χ0) is 18.2. The highest BCUT2D eigenvalue weighted by Crippen LogP contribution is 2.16. The minimum atomic E-state index is -0.0215. The van der Waals surface area contributed by atoms with Crippen molar-refractivity contribution in [2.24, 2.45) is 7.05 Å². The zero-order valence-electron chi connectivity index (χ0n) is 15.0. The van der Waals surface area contributed by atoms with Gasteiger partial charge in [-0.25, -0.2) is 4.98 Å². The van der Waals surface area contributed by atoms with E-state index < -0.39 is 0 Å². The van der Waals surface area contributed by atoms with Crippen LogP contribution in [0.4, 0.5) is 5.69 Å². The van der Waals surface area contributed by atoms with Crippen LogP contribution in [0.5, 0.6) is 0 Å². The lowest BCUT2D eigenvalue weighted by molar-refractivity contribution is -0.116. The molecule has 0 aliphatic rings. The van der Waals surface area contributed by atoms with E-state index in [1.807, 2.05) is 38.1 Å².